The zero-order chi connectivity index (χ0) is 15.1. The van der Waals surface area contributed by atoms with Gasteiger partial charge in [-0.25, -0.2) is 0 Å². The van der Waals surface area contributed by atoms with Gasteiger partial charge in [-0.15, -0.1) is 0 Å². The van der Waals surface area contributed by atoms with Crippen molar-refractivity contribution in [2.45, 2.75) is 0 Å². The summed E-state index contributed by atoms with van der Waals surface area (Å²) < 4.78 is 5.66. The lowest BCUT2D eigenvalue weighted by atomic mass is 10.0. The molecule has 22 heavy (non-hydrogen) atoms. The topological polar surface area (TPSA) is 43.4 Å². The first-order valence-corrected chi connectivity index (χ1v) is 7.06. The van der Waals surface area contributed by atoms with E-state index in [9.17, 15) is 9.59 Å². The zero-order valence-electron chi connectivity index (χ0n) is 11.7. The molecule has 3 heteroatoms. The van der Waals surface area contributed by atoms with Gasteiger partial charge in [0.1, 0.15) is 12.4 Å². The van der Waals surface area contributed by atoms with Crippen LogP contribution in [-0.4, -0.2) is 18.2 Å². The lowest BCUT2D eigenvalue weighted by Gasteiger charge is -2.15. The largest absolute Gasteiger partial charge is 0.488 e. The molecule has 2 aromatic rings. The average Bonchev–Trinajstić information content (AvgIpc) is 2.80. The van der Waals surface area contributed by atoms with Crippen LogP contribution >= 0.6 is 0 Å². The third-order valence-electron chi connectivity index (χ3n) is 3.89. The molecule has 106 valence electrons. The zero-order valence-corrected chi connectivity index (χ0v) is 11.7. The Hall–Kier alpha value is -2.94. The normalized spacial score (nSPS) is 15.8. The van der Waals surface area contributed by atoms with Crippen molar-refractivity contribution in [1.82, 2.24) is 0 Å². The SMILES string of the molecule is O=C1C(=CC2=Cc3ccccc3OC2)C(=O)c2ccccc21. The maximum Gasteiger partial charge on any atom is 0.197 e. The van der Waals surface area contributed by atoms with Gasteiger partial charge in [0.15, 0.2) is 11.6 Å². The molecule has 3 nitrogen and oxygen atoms in total. The highest BCUT2D eigenvalue weighted by atomic mass is 16.5. The summed E-state index contributed by atoms with van der Waals surface area (Å²) in [6, 6.07) is 14.6. The van der Waals surface area contributed by atoms with E-state index in [2.05, 4.69) is 0 Å². The van der Waals surface area contributed by atoms with E-state index in [0.29, 0.717) is 17.7 Å². The fourth-order valence-corrected chi connectivity index (χ4v) is 2.81. The van der Waals surface area contributed by atoms with E-state index >= 15 is 0 Å². The number of ketones is 2. The second-order valence-corrected chi connectivity index (χ2v) is 5.31. The summed E-state index contributed by atoms with van der Waals surface area (Å²) in [4.78, 5) is 24.7. The van der Waals surface area contributed by atoms with Gasteiger partial charge in [-0.3, -0.25) is 9.59 Å². The van der Waals surface area contributed by atoms with Crippen LogP contribution in [0.5, 0.6) is 5.75 Å². The fourth-order valence-electron chi connectivity index (χ4n) is 2.81. The predicted molar refractivity (Wildman–Crippen MR) is 83.1 cm³/mol. The van der Waals surface area contributed by atoms with Crippen LogP contribution in [0.4, 0.5) is 0 Å². The number of benzene rings is 2. The molecule has 0 saturated carbocycles. The number of ether oxygens (including phenoxy) is 1. The molecule has 2 aromatic carbocycles. The quantitative estimate of drug-likeness (QED) is 0.596. The first-order chi connectivity index (χ1) is 10.7. The van der Waals surface area contributed by atoms with E-state index in [-0.39, 0.29) is 17.1 Å². The number of carbonyl (C=O) groups excluding carboxylic acids is 2. The van der Waals surface area contributed by atoms with Crippen LogP contribution < -0.4 is 4.74 Å². The molecule has 0 unspecified atom stereocenters. The lowest BCUT2D eigenvalue weighted by molar-refractivity contribution is 0.0988. The lowest BCUT2D eigenvalue weighted by Crippen LogP contribution is -2.08. The smallest absolute Gasteiger partial charge is 0.197 e. The summed E-state index contributed by atoms with van der Waals surface area (Å²) in [5.74, 6) is 0.401. The van der Waals surface area contributed by atoms with Gasteiger partial charge < -0.3 is 4.74 Å². The number of hydrogen-bond donors (Lipinski definition) is 0. The summed E-state index contributed by atoms with van der Waals surface area (Å²) >= 11 is 0. The van der Waals surface area contributed by atoms with E-state index in [1.54, 1.807) is 30.3 Å². The van der Waals surface area contributed by atoms with Crippen molar-refractivity contribution in [1.29, 1.82) is 0 Å². The molecule has 0 saturated heterocycles. The number of rotatable bonds is 1. The molecular weight excluding hydrogens is 276 g/mol. The summed E-state index contributed by atoms with van der Waals surface area (Å²) in [5, 5.41) is 0. The molecule has 0 amide bonds. The van der Waals surface area contributed by atoms with E-state index in [4.69, 9.17) is 4.74 Å². The van der Waals surface area contributed by atoms with Crippen LogP contribution in [0.2, 0.25) is 0 Å². The van der Waals surface area contributed by atoms with Crippen LogP contribution in [0.3, 0.4) is 0 Å². The van der Waals surface area contributed by atoms with Gasteiger partial charge in [-0.05, 0) is 23.8 Å². The summed E-state index contributed by atoms with van der Waals surface area (Å²) in [5.41, 5.74) is 2.96. The Morgan fingerprint density at radius 1 is 0.864 bits per heavy atom. The van der Waals surface area contributed by atoms with E-state index in [1.807, 2.05) is 30.3 Å². The van der Waals surface area contributed by atoms with E-state index < -0.39 is 0 Å². The molecule has 0 fully saturated rings. The highest BCUT2D eigenvalue weighted by Gasteiger charge is 2.32. The Morgan fingerprint density at radius 3 is 2.23 bits per heavy atom. The molecule has 0 N–H and O–H groups in total. The Kier molecular flexibility index (Phi) is 2.79. The van der Waals surface area contributed by atoms with Crippen LogP contribution in [0.15, 0.2) is 65.8 Å². The molecule has 0 spiro atoms. The Bertz CT molecular complexity index is 835. The molecule has 0 radical (unpaired) electrons. The summed E-state index contributed by atoms with van der Waals surface area (Å²) in [7, 11) is 0. The van der Waals surface area contributed by atoms with Crippen LogP contribution in [0.1, 0.15) is 26.3 Å². The fraction of sp³-hybridized carbons (Fsp3) is 0.0526. The molecule has 2 aliphatic rings. The van der Waals surface area contributed by atoms with Crippen molar-refractivity contribution in [2.24, 2.45) is 0 Å². The molecule has 1 aliphatic heterocycles. The van der Waals surface area contributed by atoms with Crippen LogP contribution in [-0.2, 0) is 0 Å². The summed E-state index contributed by atoms with van der Waals surface area (Å²) in [6.45, 7) is 0.359. The van der Waals surface area contributed by atoms with Crippen molar-refractivity contribution in [3.63, 3.8) is 0 Å². The van der Waals surface area contributed by atoms with Gasteiger partial charge in [0.25, 0.3) is 0 Å². The Morgan fingerprint density at radius 2 is 1.50 bits per heavy atom. The van der Waals surface area contributed by atoms with Crippen LogP contribution in [0, 0.1) is 0 Å². The Balaban J connectivity index is 1.75. The number of carbonyl (C=O) groups is 2. The molecular formula is C19H12O3. The highest BCUT2D eigenvalue weighted by molar-refractivity contribution is 6.39. The standard InChI is InChI=1S/C19H12O3/c20-18-14-6-2-3-7-15(14)19(21)16(18)10-12-9-13-5-1-4-8-17(13)22-11-12/h1-10H,11H2. The number of fused-ring (bicyclic) bond motifs is 2. The number of allylic oxidation sites excluding steroid dienone is 1. The van der Waals surface area contributed by atoms with Gasteiger partial charge in [0.2, 0.25) is 0 Å². The molecule has 0 aromatic heterocycles. The van der Waals surface area contributed by atoms with Gasteiger partial charge >= 0.3 is 0 Å². The average molecular weight is 288 g/mol. The van der Waals surface area contributed by atoms with Crippen LogP contribution in [0.25, 0.3) is 6.08 Å². The van der Waals surface area contributed by atoms with E-state index in [0.717, 1.165) is 16.9 Å². The second-order valence-electron chi connectivity index (χ2n) is 5.31. The molecule has 4 rings (SSSR count). The Labute approximate surface area is 127 Å². The van der Waals surface area contributed by atoms with Crippen molar-refractivity contribution < 1.29 is 14.3 Å². The molecule has 1 aliphatic carbocycles. The third-order valence-corrected chi connectivity index (χ3v) is 3.89. The van der Waals surface area contributed by atoms with Gasteiger partial charge in [0, 0.05) is 16.7 Å². The number of para-hydroxylation sites is 1. The minimum absolute atomic E-state index is 0.208. The molecule has 1 heterocycles. The minimum atomic E-state index is -0.208. The number of hydrogen-bond acceptors (Lipinski definition) is 3. The predicted octanol–water partition coefficient (Wildman–Crippen LogP) is 3.47. The van der Waals surface area contributed by atoms with Gasteiger partial charge in [-0.2, -0.15) is 0 Å². The minimum Gasteiger partial charge on any atom is -0.488 e. The van der Waals surface area contributed by atoms with Gasteiger partial charge in [0.05, 0.1) is 5.57 Å². The maximum atomic E-state index is 12.4. The summed E-state index contributed by atoms with van der Waals surface area (Å²) in [6.07, 6.45) is 3.61. The first-order valence-electron chi connectivity index (χ1n) is 7.06. The maximum absolute atomic E-state index is 12.4. The molecule has 0 atom stereocenters. The number of Topliss-reactive ketones (excluding diaryl/α,β-unsaturated/α-hetero) is 2. The molecule has 0 bridgehead atoms. The van der Waals surface area contributed by atoms with Crippen molar-refractivity contribution in [3.8, 4) is 5.75 Å². The second kappa shape index (κ2) is 4.81. The van der Waals surface area contributed by atoms with E-state index in [1.165, 1.54) is 0 Å². The van der Waals surface area contributed by atoms with Crippen molar-refractivity contribution in [3.05, 3.63) is 82.4 Å². The monoisotopic (exact) mass is 288 g/mol. The third kappa shape index (κ3) is 1.91. The van der Waals surface area contributed by atoms with Crippen molar-refractivity contribution >= 4 is 17.6 Å². The van der Waals surface area contributed by atoms with Crippen molar-refractivity contribution in [2.75, 3.05) is 6.61 Å². The highest BCUT2D eigenvalue weighted by Crippen LogP contribution is 2.30. The van der Waals surface area contributed by atoms with Gasteiger partial charge in [-0.1, -0.05) is 42.5 Å². The first kappa shape index (κ1) is 12.8.